The summed E-state index contributed by atoms with van der Waals surface area (Å²) in [5.41, 5.74) is 6.10. The van der Waals surface area contributed by atoms with E-state index >= 15 is 0 Å². The monoisotopic (exact) mass is 438 g/mol. The van der Waals surface area contributed by atoms with Crippen LogP contribution in [0, 0.1) is 6.92 Å². The highest BCUT2D eigenvalue weighted by atomic mass is 32.2. The normalized spacial score (nSPS) is 11.8. The fourth-order valence-electron chi connectivity index (χ4n) is 3.00. The summed E-state index contributed by atoms with van der Waals surface area (Å²) >= 11 is 1.13. The predicted octanol–water partition coefficient (Wildman–Crippen LogP) is 4.10. The molecule has 0 bridgehead atoms. The van der Waals surface area contributed by atoms with Crippen molar-refractivity contribution in [2.24, 2.45) is 5.10 Å². The highest BCUT2D eigenvalue weighted by molar-refractivity contribution is 7.94. The molecule has 0 saturated heterocycles. The van der Waals surface area contributed by atoms with Crippen LogP contribution < -0.4 is 10.1 Å². The first-order valence-electron chi connectivity index (χ1n) is 9.01. The Kier molecular flexibility index (Phi) is 5.39. The van der Waals surface area contributed by atoms with Gasteiger partial charge in [-0.3, -0.25) is 9.52 Å². The SMILES string of the molecule is Cc1[nH]c2ccccc2c1/C=N/NC(=O)c1ccc(NS(=O)(=O)c2cccs2)cc1. The molecule has 30 heavy (non-hydrogen) atoms. The van der Waals surface area contributed by atoms with Gasteiger partial charge in [-0.1, -0.05) is 24.3 Å². The van der Waals surface area contributed by atoms with Crippen molar-refractivity contribution < 1.29 is 13.2 Å². The molecule has 2 heterocycles. The Morgan fingerprint density at radius 1 is 1.07 bits per heavy atom. The fourth-order valence-corrected chi connectivity index (χ4v) is 5.05. The lowest BCUT2D eigenvalue weighted by molar-refractivity contribution is 0.0955. The van der Waals surface area contributed by atoms with Gasteiger partial charge in [0.25, 0.3) is 15.9 Å². The number of para-hydroxylation sites is 1. The molecule has 152 valence electrons. The van der Waals surface area contributed by atoms with Gasteiger partial charge in [0.2, 0.25) is 0 Å². The number of hydrazone groups is 1. The van der Waals surface area contributed by atoms with Gasteiger partial charge in [-0.2, -0.15) is 5.10 Å². The van der Waals surface area contributed by atoms with Gasteiger partial charge >= 0.3 is 0 Å². The molecule has 4 rings (SSSR count). The molecule has 1 amide bonds. The Balaban J connectivity index is 1.43. The van der Waals surface area contributed by atoms with Crippen molar-refractivity contribution in [3.8, 4) is 0 Å². The number of thiophene rings is 1. The Morgan fingerprint density at radius 2 is 1.83 bits per heavy atom. The molecular formula is C21H18N4O3S2. The standard InChI is InChI=1S/C21H18N4O3S2/c1-14-18(17-5-2-3-6-19(17)23-14)13-22-24-21(26)15-8-10-16(11-9-15)25-30(27,28)20-7-4-12-29-20/h2-13,23,25H,1H3,(H,24,26)/b22-13+. The number of nitrogens with one attached hydrogen (secondary N) is 3. The number of carbonyl (C=O) groups is 1. The number of fused-ring (bicyclic) bond motifs is 1. The summed E-state index contributed by atoms with van der Waals surface area (Å²) < 4.78 is 27.2. The topological polar surface area (TPSA) is 103 Å². The van der Waals surface area contributed by atoms with Crippen LogP contribution in [0.25, 0.3) is 10.9 Å². The summed E-state index contributed by atoms with van der Waals surface area (Å²) in [6.45, 7) is 1.94. The quantitative estimate of drug-likeness (QED) is 0.312. The van der Waals surface area contributed by atoms with Crippen LogP contribution in [-0.4, -0.2) is 25.5 Å². The van der Waals surface area contributed by atoms with E-state index in [9.17, 15) is 13.2 Å². The number of nitrogens with zero attached hydrogens (tertiary/aromatic N) is 1. The number of H-pyrrole nitrogens is 1. The molecule has 3 N–H and O–H groups in total. The van der Waals surface area contributed by atoms with Crippen LogP contribution in [0.2, 0.25) is 0 Å². The van der Waals surface area contributed by atoms with Gasteiger partial charge < -0.3 is 4.98 Å². The maximum absolute atomic E-state index is 12.3. The Morgan fingerprint density at radius 3 is 2.57 bits per heavy atom. The molecule has 0 radical (unpaired) electrons. The highest BCUT2D eigenvalue weighted by Crippen LogP contribution is 2.21. The lowest BCUT2D eigenvalue weighted by Crippen LogP contribution is -2.18. The third-order valence-corrected chi connectivity index (χ3v) is 7.24. The zero-order chi connectivity index (χ0) is 21.1. The van der Waals surface area contributed by atoms with E-state index in [1.165, 1.54) is 30.3 Å². The zero-order valence-corrected chi connectivity index (χ0v) is 17.5. The van der Waals surface area contributed by atoms with Crippen molar-refractivity contribution in [2.75, 3.05) is 4.72 Å². The zero-order valence-electron chi connectivity index (χ0n) is 15.9. The molecule has 0 saturated carbocycles. The number of benzene rings is 2. The highest BCUT2D eigenvalue weighted by Gasteiger charge is 2.15. The summed E-state index contributed by atoms with van der Waals surface area (Å²) in [5.74, 6) is -0.392. The van der Waals surface area contributed by atoms with Gasteiger partial charge in [-0.15, -0.1) is 11.3 Å². The van der Waals surface area contributed by atoms with E-state index in [1.54, 1.807) is 17.7 Å². The molecule has 4 aromatic rings. The van der Waals surface area contributed by atoms with Crippen molar-refractivity contribution >= 4 is 50.1 Å². The number of aromatic amines is 1. The lowest BCUT2D eigenvalue weighted by Gasteiger charge is -2.07. The molecule has 0 atom stereocenters. The minimum Gasteiger partial charge on any atom is -0.358 e. The third kappa shape index (κ3) is 4.12. The average molecular weight is 439 g/mol. The fraction of sp³-hybridized carbons (Fsp3) is 0.0476. The number of rotatable bonds is 6. The maximum atomic E-state index is 12.3. The second-order valence-electron chi connectivity index (χ2n) is 6.52. The van der Waals surface area contributed by atoms with Crippen LogP contribution >= 0.6 is 11.3 Å². The van der Waals surface area contributed by atoms with E-state index < -0.39 is 15.9 Å². The summed E-state index contributed by atoms with van der Waals surface area (Å²) in [6.07, 6.45) is 1.61. The number of sulfonamides is 1. The number of aromatic nitrogens is 1. The first-order valence-corrected chi connectivity index (χ1v) is 11.4. The lowest BCUT2D eigenvalue weighted by atomic mass is 10.1. The molecule has 2 aromatic carbocycles. The Hall–Kier alpha value is -3.43. The van der Waals surface area contributed by atoms with Gasteiger partial charge in [0.05, 0.1) is 6.21 Å². The van der Waals surface area contributed by atoms with Crippen LogP contribution in [0.4, 0.5) is 5.69 Å². The number of amides is 1. The van der Waals surface area contributed by atoms with Crippen molar-refractivity contribution in [1.82, 2.24) is 10.4 Å². The number of carbonyl (C=O) groups excluding carboxylic acids is 1. The molecule has 0 aliphatic heterocycles. The number of anilines is 1. The second-order valence-corrected chi connectivity index (χ2v) is 9.38. The smallest absolute Gasteiger partial charge is 0.271 e. The Bertz CT molecular complexity index is 1320. The van der Waals surface area contributed by atoms with Gasteiger partial charge in [0.1, 0.15) is 4.21 Å². The van der Waals surface area contributed by atoms with E-state index in [2.05, 4.69) is 20.2 Å². The molecule has 0 unspecified atom stereocenters. The van der Waals surface area contributed by atoms with Crippen molar-refractivity contribution in [3.63, 3.8) is 0 Å². The molecule has 7 nitrogen and oxygen atoms in total. The Labute approximate surface area is 177 Å². The number of hydrogen-bond acceptors (Lipinski definition) is 5. The summed E-state index contributed by atoms with van der Waals surface area (Å²) in [5, 5.41) is 6.78. The largest absolute Gasteiger partial charge is 0.358 e. The molecule has 9 heteroatoms. The van der Waals surface area contributed by atoms with Gasteiger partial charge in [0.15, 0.2) is 0 Å². The van der Waals surface area contributed by atoms with E-state index in [-0.39, 0.29) is 4.21 Å². The third-order valence-electron chi connectivity index (χ3n) is 4.46. The second kappa shape index (κ2) is 8.13. The van der Waals surface area contributed by atoms with Crippen LogP contribution in [0.1, 0.15) is 21.6 Å². The van der Waals surface area contributed by atoms with Crippen LogP contribution in [0.15, 0.2) is 75.4 Å². The number of hydrogen-bond donors (Lipinski definition) is 3. The predicted molar refractivity (Wildman–Crippen MR) is 120 cm³/mol. The summed E-state index contributed by atoms with van der Waals surface area (Å²) in [6, 6.07) is 17.2. The summed E-state index contributed by atoms with van der Waals surface area (Å²) in [7, 11) is -3.62. The van der Waals surface area contributed by atoms with Crippen LogP contribution in [0.5, 0.6) is 0 Å². The molecular weight excluding hydrogens is 420 g/mol. The minimum atomic E-state index is -3.62. The first-order chi connectivity index (χ1) is 14.4. The average Bonchev–Trinajstić information content (AvgIpc) is 3.37. The molecule has 2 aromatic heterocycles. The number of aryl methyl sites for hydroxylation is 1. The maximum Gasteiger partial charge on any atom is 0.271 e. The molecule has 0 fully saturated rings. The van der Waals surface area contributed by atoms with E-state index in [1.807, 2.05) is 31.2 Å². The van der Waals surface area contributed by atoms with Crippen molar-refractivity contribution in [3.05, 3.63) is 82.9 Å². The van der Waals surface area contributed by atoms with Crippen LogP contribution in [-0.2, 0) is 10.0 Å². The minimum absolute atomic E-state index is 0.228. The molecule has 0 aliphatic carbocycles. The molecule has 0 aliphatic rings. The van der Waals surface area contributed by atoms with E-state index in [0.29, 0.717) is 11.3 Å². The van der Waals surface area contributed by atoms with Gasteiger partial charge in [-0.25, -0.2) is 13.8 Å². The van der Waals surface area contributed by atoms with Crippen LogP contribution in [0.3, 0.4) is 0 Å². The molecule has 0 spiro atoms. The van der Waals surface area contributed by atoms with E-state index in [4.69, 9.17) is 0 Å². The van der Waals surface area contributed by atoms with Crippen molar-refractivity contribution in [2.45, 2.75) is 11.1 Å². The van der Waals surface area contributed by atoms with E-state index in [0.717, 1.165) is 33.5 Å². The van der Waals surface area contributed by atoms with Gasteiger partial charge in [-0.05, 0) is 48.7 Å². The first kappa shape index (κ1) is 19.9. The summed E-state index contributed by atoms with van der Waals surface area (Å²) in [4.78, 5) is 15.6. The van der Waals surface area contributed by atoms with Gasteiger partial charge in [0, 0.05) is 33.4 Å². The van der Waals surface area contributed by atoms with Crippen molar-refractivity contribution in [1.29, 1.82) is 0 Å².